The van der Waals surface area contributed by atoms with E-state index in [0.29, 0.717) is 5.89 Å². The SMILES string of the molecule is CC[C@H](NC(=O)c1noc(C)n1)c1nnc2n1CCCCC2. The highest BCUT2D eigenvalue weighted by Gasteiger charge is 2.24. The number of rotatable bonds is 4. The van der Waals surface area contributed by atoms with Crippen molar-refractivity contribution in [2.24, 2.45) is 0 Å². The molecule has 0 saturated carbocycles. The van der Waals surface area contributed by atoms with Gasteiger partial charge < -0.3 is 14.4 Å². The molecule has 1 N–H and O–H groups in total. The zero-order valence-corrected chi connectivity index (χ0v) is 12.9. The average Bonchev–Trinajstić information content (AvgIpc) is 3.05. The molecule has 0 radical (unpaired) electrons. The molecule has 0 saturated heterocycles. The van der Waals surface area contributed by atoms with Gasteiger partial charge in [0.25, 0.3) is 11.7 Å². The lowest BCUT2D eigenvalue weighted by atomic mass is 10.2. The normalized spacial score (nSPS) is 15.9. The highest BCUT2D eigenvalue weighted by molar-refractivity contribution is 5.90. The van der Waals surface area contributed by atoms with Crippen LogP contribution in [0.25, 0.3) is 0 Å². The number of nitrogens with zero attached hydrogens (tertiary/aromatic N) is 5. The van der Waals surface area contributed by atoms with Crippen LogP contribution in [0.4, 0.5) is 0 Å². The predicted molar refractivity (Wildman–Crippen MR) is 77.1 cm³/mol. The number of hydrogen-bond acceptors (Lipinski definition) is 6. The number of aryl methyl sites for hydroxylation is 2. The van der Waals surface area contributed by atoms with Crippen LogP contribution in [-0.2, 0) is 13.0 Å². The summed E-state index contributed by atoms with van der Waals surface area (Å²) in [4.78, 5) is 16.2. The molecule has 8 nitrogen and oxygen atoms in total. The van der Waals surface area contributed by atoms with Crippen molar-refractivity contribution in [3.05, 3.63) is 23.4 Å². The number of carbonyl (C=O) groups excluding carboxylic acids is 1. The standard InChI is InChI=1S/C14H20N6O2/c1-3-10(16-14(21)12-15-9(2)22-19-12)13-18-17-11-7-5-4-6-8-20(11)13/h10H,3-8H2,1-2H3,(H,16,21)/t10-/m0/s1. The third kappa shape index (κ3) is 2.86. The van der Waals surface area contributed by atoms with Gasteiger partial charge in [0.2, 0.25) is 5.89 Å². The van der Waals surface area contributed by atoms with Crippen LogP contribution >= 0.6 is 0 Å². The Hall–Kier alpha value is -2.25. The Morgan fingerprint density at radius 2 is 2.23 bits per heavy atom. The summed E-state index contributed by atoms with van der Waals surface area (Å²) in [5.74, 6) is 1.89. The van der Waals surface area contributed by atoms with E-state index in [0.717, 1.165) is 43.9 Å². The Kier molecular flexibility index (Phi) is 4.17. The molecule has 0 bridgehead atoms. The van der Waals surface area contributed by atoms with E-state index in [-0.39, 0.29) is 17.8 Å². The summed E-state index contributed by atoms with van der Waals surface area (Å²) in [5.41, 5.74) is 0. The minimum Gasteiger partial charge on any atom is -0.339 e. The maximum atomic E-state index is 12.2. The second kappa shape index (κ2) is 6.25. The average molecular weight is 304 g/mol. The first-order chi connectivity index (χ1) is 10.7. The van der Waals surface area contributed by atoms with E-state index in [1.807, 2.05) is 6.92 Å². The molecule has 0 spiro atoms. The summed E-state index contributed by atoms with van der Waals surface area (Å²) in [6, 6.07) is -0.203. The molecule has 2 aromatic heterocycles. The molecule has 0 fully saturated rings. The first kappa shape index (κ1) is 14.7. The van der Waals surface area contributed by atoms with Gasteiger partial charge in [-0.15, -0.1) is 10.2 Å². The number of nitrogens with one attached hydrogen (secondary N) is 1. The van der Waals surface area contributed by atoms with Gasteiger partial charge in [-0.05, 0) is 19.3 Å². The van der Waals surface area contributed by atoms with Gasteiger partial charge in [-0.25, -0.2) is 0 Å². The van der Waals surface area contributed by atoms with Crippen LogP contribution in [0.1, 0.15) is 66.8 Å². The molecule has 0 aromatic carbocycles. The predicted octanol–water partition coefficient (Wildman–Crippen LogP) is 1.58. The Labute approximate surface area is 128 Å². The number of fused-ring (bicyclic) bond motifs is 1. The van der Waals surface area contributed by atoms with E-state index >= 15 is 0 Å². The van der Waals surface area contributed by atoms with Crippen molar-refractivity contribution in [3.8, 4) is 0 Å². The molecular formula is C14H20N6O2. The Bertz CT molecular complexity index is 662. The number of hydrogen-bond donors (Lipinski definition) is 1. The lowest BCUT2D eigenvalue weighted by Gasteiger charge is -2.16. The minimum absolute atomic E-state index is 0.0477. The first-order valence-electron chi connectivity index (χ1n) is 7.72. The van der Waals surface area contributed by atoms with Crippen LogP contribution in [0.15, 0.2) is 4.52 Å². The molecule has 3 heterocycles. The topological polar surface area (TPSA) is 98.7 Å². The van der Waals surface area contributed by atoms with Gasteiger partial charge in [-0.3, -0.25) is 4.79 Å². The van der Waals surface area contributed by atoms with Gasteiger partial charge in [-0.2, -0.15) is 4.98 Å². The van der Waals surface area contributed by atoms with E-state index in [2.05, 4.69) is 30.2 Å². The summed E-state index contributed by atoms with van der Waals surface area (Å²) >= 11 is 0. The van der Waals surface area contributed by atoms with E-state index in [1.54, 1.807) is 6.92 Å². The largest absolute Gasteiger partial charge is 0.339 e. The third-order valence-corrected chi connectivity index (χ3v) is 3.89. The smallest absolute Gasteiger partial charge is 0.293 e. The zero-order valence-electron chi connectivity index (χ0n) is 12.9. The molecule has 0 aliphatic carbocycles. The van der Waals surface area contributed by atoms with Crippen molar-refractivity contribution in [2.45, 2.75) is 58.5 Å². The zero-order chi connectivity index (χ0) is 15.5. The fourth-order valence-electron chi connectivity index (χ4n) is 2.73. The second-order valence-corrected chi connectivity index (χ2v) is 5.51. The van der Waals surface area contributed by atoms with E-state index in [1.165, 1.54) is 6.42 Å². The fourth-order valence-corrected chi connectivity index (χ4v) is 2.73. The van der Waals surface area contributed by atoms with Gasteiger partial charge in [0.1, 0.15) is 5.82 Å². The third-order valence-electron chi connectivity index (χ3n) is 3.89. The molecule has 1 amide bonds. The second-order valence-electron chi connectivity index (χ2n) is 5.51. The van der Waals surface area contributed by atoms with Gasteiger partial charge in [0.15, 0.2) is 5.82 Å². The Balaban J connectivity index is 1.79. The van der Waals surface area contributed by atoms with Gasteiger partial charge in [0, 0.05) is 19.9 Å². The summed E-state index contributed by atoms with van der Waals surface area (Å²) < 4.78 is 6.99. The Morgan fingerprint density at radius 1 is 1.36 bits per heavy atom. The van der Waals surface area contributed by atoms with Gasteiger partial charge in [-0.1, -0.05) is 18.5 Å². The van der Waals surface area contributed by atoms with E-state index in [4.69, 9.17) is 4.52 Å². The van der Waals surface area contributed by atoms with Crippen molar-refractivity contribution in [2.75, 3.05) is 0 Å². The number of aromatic nitrogens is 5. The highest BCUT2D eigenvalue weighted by Crippen LogP contribution is 2.21. The van der Waals surface area contributed by atoms with Crippen molar-refractivity contribution in [1.29, 1.82) is 0 Å². The van der Waals surface area contributed by atoms with Crippen molar-refractivity contribution in [3.63, 3.8) is 0 Å². The lowest BCUT2D eigenvalue weighted by Crippen LogP contribution is -2.31. The summed E-state index contributed by atoms with van der Waals surface area (Å²) in [6.45, 7) is 4.57. The quantitative estimate of drug-likeness (QED) is 0.920. The summed E-state index contributed by atoms with van der Waals surface area (Å²) in [6.07, 6.45) is 5.13. The van der Waals surface area contributed by atoms with Crippen LogP contribution < -0.4 is 5.32 Å². The first-order valence-corrected chi connectivity index (χ1v) is 7.72. The molecule has 1 aliphatic rings. The van der Waals surface area contributed by atoms with Crippen molar-refractivity contribution < 1.29 is 9.32 Å². The monoisotopic (exact) mass is 304 g/mol. The lowest BCUT2D eigenvalue weighted by molar-refractivity contribution is 0.0919. The van der Waals surface area contributed by atoms with Crippen LogP contribution in [0.3, 0.4) is 0 Å². The van der Waals surface area contributed by atoms with Crippen LogP contribution in [-0.4, -0.2) is 30.8 Å². The molecular weight excluding hydrogens is 284 g/mol. The van der Waals surface area contributed by atoms with Crippen LogP contribution in [0, 0.1) is 6.92 Å². The van der Waals surface area contributed by atoms with Crippen LogP contribution in [0.2, 0.25) is 0 Å². The molecule has 1 atom stereocenters. The molecule has 1 aliphatic heterocycles. The Morgan fingerprint density at radius 3 is 2.95 bits per heavy atom. The van der Waals surface area contributed by atoms with Crippen molar-refractivity contribution in [1.82, 2.24) is 30.2 Å². The molecule has 8 heteroatoms. The molecule has 3 rings (SSSR count). The molecule has 22 heavy (non-hydrogen) atoms. The molecule has 2 aromatic rings. The maximum Gasteiger partial charge on any atom is 0.293 e. The summed E-state index contributed by atoms with van der Waals surface area (Å²) in [5, 5.41) is 15.1. The van der Waals surface area contributed by atoms with Crippen molar-refractivity contribution >= 4 is 5.91 Å². The molecule has 0 unspecified atom stereocenters. The maximum absolute atomic E-state index is 12.2. The number of carbonyl (C=O) groups is 1. The van der Waals surface area contributed by atoms with E-state index in [9.17, 15) is 4.79 Å². The fraction of sp³-hybridized carbons (Fsp3) is 0.643. The highest BCUT2D eigenvalue weighted by atomic mass is 16.5. The molecule has 118 valence electrons. The summed E-state index contributed by atoms with van der Waals surface area (Å²) in [7, 11) is 0. The van der Waals surface area contributed by atoms with Gasteiger partial charge in [0.05, 0.1) is 6.04 Å². The minimum atomic E-state index is -0.352. The number of amides is 1. The van der Waals surface area contributed by atoms with Gasteiger partial charge >= 0.3 is 0 Å². The van der Waals surface area contributed by atoms with E-state index < -0.39 is 0 Å². The van der Waals surface area contributed by atoms with Crippen LogP contribution in [0.5, 0.6) is 0 Å².